The van der Waals surface area contributed by atoms with Crippen LogP contribution in [0.5, 0.6) is 0 Å². The first kappa shape index (κ1) is 19.1. The first-order valence-corrected chi connectivity index (χ1v) is 10.2. The Kier molecular flexibility index (Phi) is 6.11. The second-order valence-electron chi connectivity index (χ2n) is 6.60. The van der Waals surface area contributed by atoms with Gasteiger partial charge in [-0.05, 0) is 53.6 Å². The molecule has 0 bridgehead atoms. The van der Waals surface area contributed by atoms with Crippen molar-refractivity contribution >= 4 is 44.8 Å². The molecule has 2 amide bonds. The lowest BCUT2D eigenvalue weighted by Crippen LogP contribution is -2.38. The van der Waals surface area contributed by atoms with Crippen molar-refractivity contribution in [3.05, 3.63) is 51.1 Å². The van der Waals surface area contributed by atoms with E-state index in [1.165, 1.54) is 4.88 Å². The first-order valence-electron chi connectivity index (χ1n) is 8.50. The van der Waals surface area contributed by atoms with Gasteiger partial charge < -0.3 is 15.1 Å². The van der Waals surface area contributed by atoms with Gasteiger partial charge in [-0.25, -0.2) is 0 Å². The zero-order valence-corrected chi connectivity index (χ0v) is 17.2. The molecule has 1 fully saturated rings. The van der Waals surface area contributed by atoms with Crippen molar-refractivity contribution in [3.8, 4) is 0 Å². The number of para-hydroxylation sites is 1. The average molecular weight is 436 g/mol. The van der Waals surface area contributed by atoms with E-state index in [-0.39, 0.29) is 30.2 Å². The number of anilines is 1. The predicted octanol–water partition coefficient (Wildman–Crippen LogP) is 3.28. The number of carbonyl (C=O) groups excluding carboxylic acids is 2. The van der Waals surface area contributed by atoms with Crippen LogP contribution in [0.4, 0.5) is 5.69 Å². The number of hydrogen-bond acceptors (Lipinski definition) is 4. The van der Waals surface area contributed by atoms with E-state index in [0.29, 0.717) is 13.1 Å². The minimum Gasteiger partial charge on any atom is -0.354 e. The minimum absolute atomic E-state index is 0.0144. The van der Waals surface area contributed by atoms with Crippen molar-refractivity contribution in [3.63, 3.8) is 0 Å². The summed E-state index contributed by atoms with van der Waals surface area (Å²) in [6.45, 7) is 0.949. The molecule has 2 aromatic rings. The summed E-state index contributed by atoms with van der Waals surface area (Å²) in [7, 11) is 4.01. The number of thiophene rings is 1. The highest BCUT2D eigenvalue weighted by Crippen LogP contribution is 2.31. The highest BCUT2D eigenvalue weighted by molar-refractivity contribution is 9.10. The maximum absolute atomic E-state index is 12.6. The number of likely N-dealkylation sites (N-methyl/N-ethyl adjacent to an activating group) is 1. The van der Waals surface area contributed by atoms with E-state index in [9.17, 15) is 9.59 Å². The maximum Gasteiger partial charge on any atom is 0.227 e. The lowest BCUT2D eigenvalue weighted by atomic mass is 10.1. The van der Waals surface area contributed by atoms with Crippen LogP contribution >= 0.6 is 27.3 Å². The molecule has 1 aliphatic heterocycles. The van der Waals surface area contributed by atoms with Crippen LogP contribution in [0.1, 0.15) is 17.3 Å². The third kappa shape index (κ3) is 4.16. The lowest BCUT2D eigenvalue weighted by molar-refractivity contribution is -0.126. The average Bonchev–Trinajstić information content (AvgIpc) is 3.25. The van der Waals surface area contributed by atoms with E-state index in [0.717, 1.165) is 10.2 Å². The molecule has 2 atom stereocenters. The molecule has 2 unspecified atom stereocenters. The smallest absolute Gasteiger partial charge is 0.227 e. The molecule has 5 nitrogen and oxygen atoms in total. The van der Waals surface area contributed by atoms with Gasteiger partial charge in [-0.2, -0.15) is 0 Å². The second-order valence-corrected chi connectivity index (χ2v) is 8.43. The molecule has 1 aromatic carbocycles. The maximum atomic E-state index is 12.6. The molecule has 1 aromatic heterocycles. The summed E-state index contributed by atoms with van der Waals surface area (Å²) in [6, 6.07) is 11.8. The van der Waals surface area contributed by atoms with Gasteiger partial charge in [0.05, 0.1) is 17.6 Å². The SMILES string of the molecule is CN(C)C(CNC(=O)C1CC(=O)N(c2ccccc2Br)C1)c1cccs1. The fourth-order valence-electron chi connectivity index (χ4n) is 3.15. The second kappa shape index (κ2) is 8.33. The summed E-state index contributed by atoms with van der Waals surface area (Å²) in [4.78, 5) is 30.0. The number of halogens is 1. The summed E-state index contributed by atoms with van der Waals surface area (Å²) >= 11 is 5.16. The normalized spacial score (nSPS) is 18.4. The third-order valence-electron chi connectivity index (χ3n) is 4.60. The standard InChI is InChI=1S/C19H22BrN3O2S/c1-22(2)16(17-8-5-9-26-17)11-21-19(25)13-10-18(24)23(12-13)15-7-4-3-6-14(15)20/h3-9,13,16H,10-12H2,1-2H3,(H,21,25). The van der Waals surface area contributed by atoms with Crippen molar-refractivity contribution in [2.24, 2.45) is 5.92 Å². The fraction of sp³-hybridized carbons (Fsp3) is 0.368. The Morgan fingerprint density at radius 1 is 1.35 bits per heavy atom. The highest BCUT2D eigenvalue weighted by Gasteiger charge is 2.36. The molecule has 2 heterocycles. The van der Waals surface area contributed by atoms with E-state index >= 15 is 0 Å². The molecule has 1 aliphatic rings. The molecule has 1 N–H and O–H groups in total. The fourth-order valence-corrected chi connectivity index (χ4v) is 4.57. The number of hydrogen-bond donors (Lipinski definition) is 1. The molecule has 138 valence electrons. The summed E-state index contributed by atoms with van der Waals surface area (Å²) in [5.41, 5.74) is 0.817. The topological polar surface area (TPSA) is 52.7 Å². The number of carbonyl (C=O) groups is 2. The molecule has 3 rings (SSSR count). The van der Waals surface area contributed by atoms with Crippen LogP contribution in [0.15, 0.2) is 46.3 Å². The lowest BCUT2D eigenvalue weighted by Gasteiger charge is -2.24. The van der Waals surface area contributed by atoms with Gasteiger partial charge in [0.15, 0.2) is 0 Å². The van der Waals surface area contributed by atoms with Gasteiger partial charge >= 0.3 is 0 Å². The van der Waals surface area contributed by atoms with Gasteiger partial charge in [0, 0.05) is 28.9 Å². The van der Waals surface area contributed by atoms with Gasteiger partial charge in [-0.3, -0.25) is 9.59 Å². The minimum atomic E-state index is -0.319. The summed E-state index contributed by atoms with van der Waals surface area (Å²) < 4.78 is 0.861. The van der Waals surface area contributed by atoms with Crippen LogP contribution in [0, 0.1) is 5.92 Å². The molecule has 7 heteroatoms. The molecule has 26 heavy (non-hydrogen) atoms. The first-order chi connectivity index (χ1) is 12.5. The van der Waals surface area contributed by atoms with Crippen LogP contribution in [0.25, 0.3) is 0 Å². The number of rotatable bonds is 6. The summed E-state index contributed by atoms with van der Waals surface area (Å²) in [5, 5.41) is 5.08. The van der Waals surface area contributed by atoms with E-state index < -0.39 is 0 Å². The van der Waals surface area contributed by atoms with Gasteiger partial charge in [0.1, 0.15) is 0 Å². The molecule has 0 spiro atoms. The van der Waals surface area contributed by atoms with Gasteiger partial charge in [-0.1, -0.05) is 18.2 Å². The van der Waals surface area contributed by atoms with Crippen LogP contribution in [-0.2, 0) is 9.59 Å². The van der Waals surface area contributed by atoms with Crippen molar-refractivity contribution in [2.45, 2.75) is 12.5 Å². The third-order valence-corrected chi connectivity index (χ3v) is 6.25. The van der Waals surface area contributed by atoms with Gasteiger partial charge in [-0.15, -0.1) is 11.3 Å². The van der Waals surface area contributed by atoms with Crippen molar-refractivity contribution in [1.82, 2.24) is 10.2 Å². The number of nitrogens with zero attached hydrogens (tertiary/aromatic N) is 2. The zero-order chi connectivity index (χ0) is 18.7. The molecular weight excluding hydrogens is 414 g/mol. The van der Waals surface area contributed by atoms with E-state index in [4.69, 9.17) is 0 Å². The molecular formula is C19H22BrN3O2S. The number of benzene rings is 1. The quantitative estimate of drug-likeness (QED) is 0.757. The van der Waals surface area contributed by atoms with Crippen molar-refractivity contribution in [2.75, 3.05) is 32.1 Å². The Bertz CT molecular complexity index is 779. The molecule has 1 saturated heterocycles. The Morgan fingerprint density at radius 3 is 2.77 bits per heavy atom. The molecule has 0 saturated carbocycles. The summed E-state index contributed by atoms with van der Waals surface area (Å²) in [5.74, 6) is -0.392. The van der Waals surface area contributed by atoms with Gasteiger partial charge in [0.2, 0.25) is 11.8 Å². The Morgan fingerprint density at radius 2 is 2.12 bits per heavy atom. The largest absolute Gasteiger partial charge is 0.354 e. The van der Waals surface area contributed by atoms with E-state index in [1.807, 2.05) is 49.8 Å². The van der Waals surface area contributed by atoms with Gasteiger partial charge in [0.25, 0.3) is 0 Å². The van der Waals surface area contributed by atoms with E-state index in [1.54, 1.807) is 16.2 Å². The van der Waals surface area contributed by atoms with Crippen molar-refractivity contribution in [1.29, 1.82) is 0 Å². The van der Waals surface area contributed by atoms with Crippen LogP contribution in [0.2, 0.25) is 0 Å². The van der Waals surface area contributed by atoms with Crippen molar-refractivity contribution < 1.29 is 9.59 Å². The Balaban J connectivity index is 1.62. The molecule has 0 radical (unpaired) electrons. The van der Waals surface area contributed by atoms with Crippen LogP contribution in [0.3, 0.4) is 0 Å². The Hall–Kier alpha value is -1.70. The number of amides is 2. The predicted molar refractivity (Wildman–Crippen MR) is 108 cm³/mol. The number of nitrogens with one attached hydrogen (secondary N) is 1. The van der Waals surface area contributed by atoms with E-state index in [2.05, 4.69) is 32.2 Å². The summed E-state index contributed by atoms with van der Waals surface area (Å²) in [6.07, 6.45) is 0.249. The molecule has 0 aliphatic carbocycles. The monoisotopic (exact) mass is 435 g/mol. The zero-order valence-electron chi connectivity index (χ0n) is 14.8. The van der Waals surface area contributed by atoms with Crippen LogP contribution in [-0.4, -0.2) is 43.9 Å². The highest BCUT2D eigenvalue weighted by atomic mass is 79.9. The Labute approximate surface area is 166 Å². The van der Waals surface area contributed by atoms with Crippen LogP contribution < -0.4 is 10.2 Å².